The van der Waals surface area contributed by atoms with Crippen molar-refractivity contribution in [1.82, 2.24) is 0 Å². The standard InChI is InChI=1S/C11H19NO3/c12-9-7-15-5-4-11(9,10(13)14)6-8-2-1-3-8/h8-9H,1-7,12H2,(H,13,14). The zero-order valence-electron chi connectivity index (χ0n) is 8.95. The minimum absolute atomic E-state index is 0.343. The van der Waals surface area contributed by atoms with Gasteiger partial charge in [0, 0.05) is 12.6 Å². The average Bonchev–Trinajstić information content (AvgIpc) is 2.14. The molecule has 0 aromatic carbocycles. The van der Waals surface area contributed by atoms with Gasteiger partial charge in [0.15, 0.2) is 0 Å². The molecule has 0 spiro atoms. The Bertz CT molecular complexity index is 252. The highest BCUT2D eigenvalue weighted by atomic mass is 16.5. The van der Waals surface area contributed by atoms with Crippen molar-refractivity contribution in [3.05, 3.63) is 0 Å². The Morgan fingerprint density at radius 2 is 2.27 bits per heavy atom. The van der Waals surface area contributed by atoms with Gasteiger partial charge < -0.3 is 15.6 Å². The first-order chi connectivity index (χ1) is 7.15. The molecular formula is C11H19NO3. The summed E-state index contributed by atoms with van der Waals surface area (Å²) in [4.78, 5) is 11.4. The summed E-state index contributed by atoms with van der Waals surface area (Å²) < 4.78 is 5.23. The number of ether oxygens (including phenoxy) is 1. The second-order valence-corrected chi connectivity index (χ2v) is 4.89. The van der Waals surface area contributed by atoms with E-state index in [1.165, 1.54) is 19.3 Å². The Labute approximate surface area is 89.8 Å². The van der Waals surface area contributed by atoms with Gasteiger partial charge in [-0.15, -0.1) is 0 Å². The molecule has 2 unspecified atom stereocenters. The van der Waals surface area contributed by atoms with Crippen LogP contribution in [0.5, 0.6) is 0 Å². The van der Waals surface area contributed by atoms with Crippen LogP contribution in [0.3, 0.4) is 0 Å². The van der Waals surface area contributed by atoms with Crippen molar-refractivity contribution in [2.24, 2.45) is 17.1 Å². The molecule has 1 aliphatic carbocycles. The zero-order valence-corrected chi connectivity index (χ0v) is 8.95. The molecule has 15 heavy (non-hydrogen) atoms. The van der Waals surface area contributed by atoms with E-state index >= 15 is 0 Å². The van der Waals surface area contributed by atoms with Gasteiger partial charge in [-0.1, -0.05) is 19.3 Å². The highest BCUT2D eigenvalue weighted by Crippen LogP contribution is 2.42. The van der Waals surface area contributed by atoms with Crippen molar-refractivity contribution < 1.29 is 14.6 Å². The average molecular weight is 213 g/mol. The summed E-state index contributed by atoms with van der Waals surface area (Å²) in [6, 6.07) is -0.343. The third-order valence-electron chi connectivity index (χ3n) is 4.00. The largest absolute Gasteiger partial charge is 0.481 e. The van der Waals surface area contributed by atoms with Gasteiger partial charge in [-0.3, -0.25) is 4.79 Å². The molecule has 1 heterocycles. The van der Waals surface area contributed by atoms with Crippen molar-refractivity contribution in [3.63, 3.8) is 0 Å². The molecule has 0 amide bonds. The number of hydrogen-bond donors (Lipinski definition) is 2. The molecule has 2 atom stereocenters. The second kappa shape index (κ2) is 4.10. The fraction of sp³-hybridized carbons (Fsp3) is 0.909. The summed E-state index contributed by atoms with van der Waals surface area (Å²) in [6.07, 6.45) is 4.89. The molecule has 2 rings (SSSR count). The van der Waals surface area contributed by atoms with E-state index in [1.54, 1.807) is 0 Å². The zero-order chi connectivity index (χ0) is 10.9. The predicted molar refractivity (Wildman–Crippen MR) is 55.4 cm³/mol. The first kappa shape index (κ1) is 10.9. The van der Waals surface area contributed by atoms with E-state index in [1.807, 2.05) is 0 Å². The van der Waals surface area contributed by atoms with Gasteiger partial charge in [-0.2, -0.15) is 0 Å². The molecule has 1 aliphatic heterocycles. The smallest absolute Gasteiger partial charge is 0.311 e. The summed E-state index contributed by atoms with van der Waals surface area (Å²) in [7, 11) is 0. The van der Waals surface area contributed by atoms with Gasteiger partial charge >= 0.3 is 5.97 Å². The maximum absolute atomic E-state index is 11.4. The molecule has 0 radical (unpaired) electrons. The van der Waals surface area contributed by atoms with Crippen LogP contribution in [0.1, 0.15) is 32.1 Å². The SMILES string of the molecule is NC1COCCC1(CC1CCC1)C(=O)O. The number of carboxylic acids is 1. The maximum atomic E-state index is 11.4. The lowest BCUT2D eigenvalue weighted by atomic mass is 9.66. The summed E-state index contributed by atoms with van der Waals surface area (Å²) >= 11 is 0. The van der Waals surface area contributed by atoms with Gasteiger partial charge in [-0.25, -0.2) is 0 Å². The van der Waals surface area contributed by atoms with Crippen LogP contribution in [0, 0.1) is 11.3 Å². The Morgan fingerprint density at radius 1 is 1.53 bits per heavy atom. The minimum atomic E-state index is -0.731. The first-order valence-electron chi connectivity index (χ1n) is 5.72. The first-order valence-corrected chi connectivity index (χ1v) is 5.72. The van der Waals surface area contributed by atoms with Crippen LogP contribution in [0.25, 0.3) is 0 Å². The fourth-order valence-electron chi connectivity index (χ4n) is 2.63. The van der Waals surface area contributed by atoms with Crippen molar-refractivity contribution in [2.45, 2.75) is 38.1 Å². The van der Waals surface area contributed by atoms with E-state index in [-0.39, 0.29) is 6.04 Å². The molecule has 2 aliphatic rings. The molecule has 86 valence electrons. The monoisotopic (exact) mass is 213 g/mol. The minimum Gasteiger partial charge on any atom is -0.481 e. The summed E-state index contributed by atoms with van der Waals surface area (Å²) in [5, 5.41) is 9.39. The number of carboxylic acid groups (broad SMARTS) is 1. The third-order valence-corrected chi connectivity index (χ3v) is 4.00. The van der Waals surface area contributed by atoms with Crippen LogP contribution in [-0.4, -0.2) is 30.3 Å². The molecular weight excluding hydrogens is 194 g/mol. The van der Waals surface area contributed by atoms with Crippen molar-refractivity contribution in [1.29, 1.82) is 0 Å². The molecule has 1 saturated heterocycles. The number of carbonyl (C=O) groups is 1. The van der Waals surface area contributed by atoms with E-state index in [0.29, 0.717) is 25.6 Å². The second-order valence-electron chi connectivity index (χ2n) is 4.89. The molecule has 4 heteroatoms. The van der Waals surface area contributed by atoms with Crippen molar-refractivity contribution >= 4 is 5.97 Å². The lowest BCUT2D eigenvalue weighted by molar-refractivity contribution is -0.159. The van der Waals surface area contributed by atoms with Crippen molar-refractivity contribution in [3.8, 4) is 0 Å². The Morgan fingerprint density at radius 3 is 2.73 bits per heavy atom. The van der Waals surface area contributed by atoms with Crippen LogP contribution < -0.4 is 5.73 Å². The summed E-state index contributed by atoms with van der Waals surface area (Å²) in [5.74, 6) is -0.157. The van der Waals surface area contributed by atoms with E-state index in [0.717, 1.165) is 6.42 Å². The lowest BCUT2D eigenvalue weighted by Gasteiger charge is -2.42. The van der Waals surface area contributed by atoms with E-state index in [4.69, 9.17) is 10.5 Å². The third kappa shape index (κ3) is 1.88. The van der Waals surface area contributed by atoms with Crippen LogP contribution in [0.4, 0.5) is 0 Å². The van der Waals surface area contributed by atoms with Crippen LogP contribution in [0.15, 0.2) is 0 Å². The fourth-order valence-corrected chi connectivity index (χ4v) is 2.63. The maximum Gasteiger partial charge on any atom is 0.311 e. The Balaban J connectivity index is 2.09. The van der Waals surface area contributed by atoms with Gasteiger partial charge in [0.1, 0.15) is 0 Å². The Kier molecular flexibility index (Phi) is 2.98. The number of rotatable bonds is 3. The van der Waals surface area contributed by atoms with E-state index < -0.39 is 11.4 Å². The molecule has 0 aromatic rings. The van der Waals surface area contributed by atoms with E-state index in [2.05, 4.69) is 0 Å². The molecule has 4 nitrogen and oxygen atoms in total. The predicted octanol–water partition coefficient (Wildman–Crippen LogP) is 0.995. The van der Waals surface area contributed by atoms with Gasteiger partial charge in [-0.05, 0) is 18.8 Å². The quantitative estimate of drug-likeness (QED) is 0.733. The normalized spacial score (nSPS) is 37.3. The molecule has 3 N–H and O–H groups in total. The topological polar surface area (TPSA) is 72.5 Å². The summed E-state index contributed by atoms with van der Waals surface area (Å²) in [5.41, 5.74) is 5.22. The highest BCUT2D eigenvalue weighted by molar-refractivity contribution is 5.76. The molecule has 0 aromatic heterocycles. The number of nitrogens with two attached hydrogens (primary N) is 1. The van der Waals surface area contributed by atoms with Crippen LogP contribution >= 0.6 is 0 Å². The lowest BCUT2D eigenvalue weighted by Crippen LogP contribution is -2.54. The number of aliphatic carboxylic acids is 1. The van der Waals surface area contributed by atoms with Crippen molar-refractivity contribution in [2.75, 3.05) is 13.2 Å². The van der Waals surface area contributed by atoms with Gasteiger partial charge in [0.25, 0.3) is 0 Å². The molecule has 0 bridgehead atoms. The van der Waals surface area contributed by atoms with Crippen LogP contribution in [-0.2, 0) is 9.53 Å². The van der Waals surface area contributed by atoms with E-state index in [9.17, 15) is 9.90 Å². The van der Waals surface area contributed by atoms with Gasteiger partial charge in [0.2, 0.25) is 0 Å². The Hall–Kier alpha value is -0.610. The van der Waals surface area contributed by atoms with Crippen LogP contribution in [0.2, 0.25) is 0 Å². The summed E-state index contributed by atoms with van der Waals surface area (Å²) in [6.45, 7) is 0.922. The number of hydrogen-bond acceptors (Lipinski definition) is 3. The highest BCUT2D eigenvalue weighted by Gasteiger charge is 2.48. The molecule has 1 saturated carbocycles. The van der Waals surface area contributed by atoms with Gasteiger partial charge in [0.05, 0.1) is 12.0 Å². The molecule has 2 fully saturated rings.